The van der Waals surface area contributed by atoms with Crippen LogP contribution in [0.4, 0.5) is 0 Å². The van der Waals surface area contributed by atoms with Crippen LogP contribution in [0.5, 0.6) is 0 Å². The molecule has 60 valence electrons. The zero-order chi connectivity index (χ0) is 7.78. The number of nitrogens with two attached hydrogens (primary N) is 1. The molecule has 0 saturated heterocycles. The van der Waals surface area contributed by atoms with Gasteiger partial charge in [-0.2, -0.15) is 0 Å². The summed E-state index contributed by atoms with van der Waals surface area (Å²) in [6.07, 6.45) is 2.59. The van der Waals surface area contributed by atoms with Gasteiger partial charge in [-0.25, -0.2) is 0 Å². The average molecular weight is 141 g/mol. The molecule has 0 bridgehead atoms. The van der Waals surface area contributed by atoms with E-state index < -0.39 is 0 Å². The lowest BCUT2D eigenvalue weighted by Crippen LogP contribution is -2.43. The fraction of sp³-hybridized carbons (Fsp3) is 1.00. The molecule has 1 nitrogen and oxygen atoms in total. The fourth-order valence-corrected chi connectivity index (χ4v) is 2.28. The molecule has 0 spiro atoms. The summed E-state index contributed by atoms with van der Waals surface area (Å²) in [5, 5.41) is 0. The van der Waals surface area contributed by atoms with Crippen molar-refractivity contribution in [1.82, 2.24) is 0 Å². The molecule has 0 aromatic rings. The van der Waals surface area contributed by atoms with Crippen LogP contribution in [0, 0.1) is 17.3 Å². The largest absolute Gasteiger partial charge is 0.330 e. The molecule has 0 radical (unpaired) electrons. The first-order valence-electron chi connectivity index (χ1n) is 4.30. The molecular formula is C9H19N. The highest BCUT2D eigenvalue weighted by Gasteiger charge is 2.44. The molecule has 1 fully saturated rings. The fourth-order valence-electron chi connectivity index (χ4n) is 2.28. The summed E-state index contributed by atoms with van der Waals surface area (Å²) in [5.74, 6) is 1.81. The summed E-state index contributed by atoms with van der Waals surface area (Å²) in [7, 11) is 0. The minimum Gasteiger partial charge on any atom is -0.330 e. The summed E-state index contributed by atoms with van der Waals surface area (Å²) in [5.41, 5.74) is 6.11. The highest BCUT2D eigenvalue weighted by Crippen LogP contribution is 2.52. The second-order valence-electron chi connectivity index (χ2n) is 4.16. The normalized spacial score (nSPS) is 46.8. The van der Waals surface area contributed by atoms with Gasteiger partial charge < -0.3 is 5.73 Å². The molecule has 1 saturated carbocycles. The van der Waals surface area contributed by atoms with E-state index in [4.69, 9.17) is 5.73 Å². The van der Waals surface area contributed by atoms with Crippen LogP contribution >= 0.6 is 0 Å². The predicted molar refractivity (Wildman–Crippen MR) is 44.7 cm³/mol. The molecule has 1 aliphatic rings. The first-order chi connectivity index (χ1) is 4.60. The first-order valence-corrected chi connectivity index (χ1v) is 4.30. The molecule has 0 amide bonds. The van der Waals surface area contributed by atoms with Crippen molar-refractivity contribution in [2.24, 2.45) is 23.0 Å². The van der Waals surface area contributed by atoms with Gasteiger partial charge in [-0.3, -0.25) is 0 Å². The Morgan fingerprint density at radius 3 is 2.40 bits per heavy atom. The highest BCUT2D eigenvalue weighted by atomic mass is 14.6. The molecule has 0 heterocycles. The Hall–Kier alpha value is -0.0400. The number of hydrogen-bond donors (Lipinski definition) is 1. The van der Waals surface area contributed by atoms with E-state index >= 15 is 0 Å². The van der Waals surface area contributed by atoms with Gasteiger partial charge in [0.1, 0.15) is 0 Å². The quantitative estimate of drug-likeness (QED) is 0.625. The van der Waals surface area contributed by atoms with Gasteiger partial charge in [0.25, 0.3) is 0 Å². The zero-order valence-corrected chi connectivity index (χ0v) is 7.35. The van der Waals surface area contributed by atoms with E-state index in [0.29, 0.717) is 5.41 Å². The van der Waals surface area contributed by atoms with E-state index in [2.05, 4.69) is 20.8 Å². The molecule has 3 atom stereocenters. The van der Waals surface area contributed by atoms with Crippen LogP contribution < -0.4 is 5.73 Å². The topological polar surface area (TPSA) is 26.0 Å². The zero-order valence-electron chi connectivity index (χ0n) is 7.35. The summed E-state index contributed by atoms with van der Waals surface area (Å²) >= 11 is 0. The lowest BCUT2D eigenvalue weighted by Gasteiger charge is -2.51. The molecule has 2 N–H and O–H groups in total. The van der Waals surface area contributed by atoms with Gasteiger partial charge in [-0.1, -0.05) is 20.8 Å². The monoisotopic (exact) mass is 141 g/mol. The van der Waals surface area contributed by atoms with E-state index in [1.54, 1.807) is 0 Å². The van der Waals surface area contributed by atoms with E-state index in [-0.39, 0.29) is 0 Å². The molecule has 1 rings (SSSR count). The Kier molecular flexibility index (Phi) is 2.04. The molecule has 1 heteroatoms. The van der Waals surface area contributed by atoms with Crippen LogP contribution in [0.15, 0.2) is 0 Å². The minimum atomic E-state index is 0.578. The van der Waals surface area contributed by atoms with Crippen LogP contribution in [0.2, 0.25) is 0 Å². The third-order valence-electron chi connectivity index (χ3n) is 3.46. The molecule has 0 aromatic heterocycles. The van der Waals surface area contributed by atoms with Crippen molar-refractivity contribution in [3.63, 3.8) is 0 Å². The standard InChI is InChI=1S/C9H19N/c1-7-6-9(3,4-5-10)8(7)2/h7-8H,4-6,10H2,1-3H3. The highest BCUT2D eigenvalue weighted by molar-refractivity contribution is 4.94. The molecule has 1 aliphatic carbocycles. The van der Waals surface area contributed by atoms with E-state index in [0.717, 1.165) is 18.4 Å². The maximum absolute atomic E-state index is 5.53. The van der Waals surface area contributed by atoms with Crippen LogP contribution in [0.1, 0.15) is 33.6 Å². The van der Waals surface area contributed by atoms with Gasteiger partial charge >= 0.3 is 0 Å². The van der Waals surface area contributed by atoms with Gasteiger partial charge in [0, 0.05) is 0 Å². The summed E-state index contributed by atoms with van der Waals surface area (Å²) < 4.78 is 0. The van der Waals surface area contributed by atoms with Crippen molar-refractivity contribution < 1.29 is 0 Å². The maximum atomic E-state index is 5.53. The first kappa shape index (κ1) is 8.06. The summed E-state index contributed by atoms with van der Waals surface area (Å²) in [4.78, 5) is 0. The lowest BCUT2D eigenvalue weighted by molar-refractivity contribution is -0.00881. The minimum absolute atomic E-state index is 0.578. The molecule has 10 heavy (non-hydrogen) atoms. The lowest BCUT2D eigenvalue weighted by atomic mass is 9.55. The molecule has 0 aromatic carbocycles. The van der Waals surface area contributed by atoms with E-state index in [1.807, 2.05) is 0 Å². The van der Waals surface area contributed by atoms with Crippen molar-refractivity contribution in [1.29, 1.82) is 0 Å². The predicted octanol–water partition coefficient (Wildman–Crippen LogP) is 2.02. The Morgan fingerprint density at radius 2 is 2.10 bits per heavy atom. The van der Waals surface area contributed by atoms with Crippen molar-refractivity contribution in [3.8, 4) is 0 Å². The van der Waals surface area contributed by atoms with E-state index in [1.165, 1.54) is 12.8 Å². The second kappa shape index (κ2) is 2.54. The SMILES string of the molecule is CC1CC(C)(CCN)C1C. The number of rotatable bonds is 2. The smallest absolute Gasteiger partial charge is 0.00720 e. The average Bonchev–Trinajstić information content (AvgIpc) is 1.88. The Morgan fingerprint density at radius 1 is 1.50 bits per heavy atom. The Labute approximate surface area is 64.0 Å². The van der Waals surface area contributed by atoms with Gasteiger partial charge in [-0.15, -0.1) is 0 Å². The van der Waals surface area contributed by atoms with Crippen LogP contribution in [-0.4, -0.2) is 6.54 Å². The molecule has 0 aliphatic heterocycles. The summed E-state index contributed by atoms with van der Waals surface area (Å²) in [6, 6.07) is 0. The Bertz CT molecular complexity index is 118. The molecular weight excluding hydrogens is 122 g/mol. The van der Waals surface area contributed by atoms with Crippen molar-refractivity contribution >= 4 is 0 Å². The van der Waals surface area contributed by atoms with Crippen LogP contribution in [0.25, 0.3) is 0 Å². The van der Waals surface area contributed by atoms with Crippen LogP contribution in [0.3, 0.4) is 0 Å². The van der Waals surface area contributed by atoms with Crippen molar-refractivity contribution in [2.45, 2.75) is 33.6 Å². The van der Waals surface area contributed by atoms with Crippen LogP contribution in [-0.2, 0) is 0 Å². The Balaban J connectivity index is 2.41. The molecule has 3 unspecified atom stereocenters. The summed E-state index contributed by atoms with van der Waals surface area (Å²) in [6.45, 7) is 7.91. The third kappa shape index (κ3) is 1.07. The second-order valence-corrected chi connectivity index (χ2v) is 4.16. The van der Waals surface area contributed by atoms with Crippen molar-refractivity contribution in [3.05, 3.63) is 0 Å². The third-order valence-corrected chi connectivity index (χ3v) is 3.46. The number of hydrogen-bond acceptors (Lipinski definition) is 1. The van der Waals surface area contributed by atoms with E-state index in [9.17, 15) is 0 Å². The van der Waals surface area contributed by atoms with Gasteiger partial charge in [0.15, 0.2) is 0 Å². The van der Waals surface area contributed by atoms with Gasteiger partial charge in [-0.05, 0) is 36.6 Å². The van der Waals surface area contributed by atoms with Gasteiger partial charge in [0.2, 0.25) is 0 Å². The van der Waals surface area contributed by atoms with Crippen molar-refractivity contribution in [2.75, 3.05) is 6.54 Å². The van der Waals surface area contributed by atoms with Gasteiger partial charge in [0.05, 0.1) is 0 Å². The maximum Gasteiger partial charge on any atom is -0.00720 e.